The second-order valence-electron chi connectivity index (χ2n) is 6.05. The smallest absolute Gasteiger partial charge is 0.263 e. The van der Waals surface area contributed by atoms with Gasteiger partial charge >= 0.3 is 0 Å². The number of carbonyl (C=O) groups is 1. The summed E-state index contributed by atoms with van der Waals surface area (Å²) in [6.45, 7) is 0.749. The van der Waals surface area contributed by atoms with Crippen LogP contribution < -0.4 is 19.5 Å². The number of ether oxygens (including phenoxy) is 2. The van der Waals surface area contributed by atoms with Crippen molar-refractivity contribution in [1.29, 1.82) is 0 Å². The minimum atomic E-state index is -3.56. The molecule has 2 N–H and O–H groups in total. The van der Waals surface area contributed by atoms with Crippen LogP contribution in [0.2, 0.25) is 0 Å². The predicted molar refractivity (Wildman–Crippen MR) is 97.2 cm³/mol. The van der Waals surface area contributed by atoms with Crippen LogP contribution in [-0.2, 0) is 21.4 Å². The highest BCUT2D eigenvalue weighted by Crippen LogP contribution is 2.32. The maximum Gasteiger partial charge on any atom is 0.263 e. The van der Waals surface area contributed by atoms with Gasteiger partial charge in [0.05, 0.1) is 11.4 Å². The summed E-state index contributed by atoms with van der Waals surface area (Å²) in [5, 5.41) is 2.81. The van der Waals surface area contributed by atoms with Crippen molar-refractivity contribution in [3.05, 3.63) is 53.6 Å². The number of nitrogens with one attached hydrogen (secondary N) is 2. The van der Waals surface area contributed by atoms with Crippen molar-refractivity contribution in [3.63, 3.8) is 0 Å². The van der Waals surface area contributed by atoms with Crippen LogP contribution in [0.25, 0.3) is 0 Å². The molecule has 2 aliphatic heterocycles. The van der Waals surface area contributed by atoms with Crippen LogP contribution in [0.1, 0.15) is 17.5 Å². The van der Waals surface area contributed by atoms with Crippen molar-refractivity contribution < 1.29 is 22.7 Å². The molecule has 0 aromatic heterocycles. The minimum absolute atomic E-state index is 0.151. The normalized spacial score (nSPS) is 17.4. The van der Waals surface area contributed by atoms with E-state index in [2.05, 4.69) is 15.0 Å². The second-order valence-corrected chi connectivity index (χ2v) is 7.70. The molecular weight excluding hydrogens is 370 g/mol. The Balaban J connectivity index is 1.32. The van der Waals surface area contributed by atoms with Crippen LogP contribution >= 0.6 is 0 Å². The van der Waals surface area contributed by atoms with Crippen molar-refractivity contribution in [2.45, 2.75) is 17.9 Å². The van der Waals surface area contributed by atoms with Crippen LogP contribution in [0.15, 0.2) is 52.4 Å². The Hall–Kier alpha value is -3.07. The summed E-state index contributed by atoms with van der Waals surface area (Å²) in [5.74, 6) is 1.46. The lowest BCUT2D eigenvalue weighted by Crippen LogP contribution is -2.25. The maximum absolute atomic E-state index is 12.0. The summed E-state index contributed by atoms with van der Waals surface area (Å²) in [6.07, 6.45) is 0.151. The molecule has 8 nitrogen and oxygen atoms in total. The Bertz CT molecular complexity index is 1030. The Morgan fingerprint density at radius 1 is 1.15 bits per heavy atom. The highest BCUT2D eigenvalue weighted by molar-refractivity contribution is 7.90. The first kappa shape index (κ1) is 17.3. The topological polar surface area (TPSA) is 106 Å². The third-order valence-corrected chi connectivity index (χ3v) is 5.60. The molecule has 2 aromatic carbocycles. The molecule has 0 spiro atoms. The monoisotopic (exact) mass is 387 g/mol. The number of rotatable bonds is 5. The lowest BCUT2D eigenvalue weighted by atomic mass is 10.2. The van der Waals surface area contributed by atoms with E-state index >= 15 is 0 Å². The van der Waals surface area contributed by atoms with Crippen molar-refractivity contribution in [1.82, 2.24) is 10.0 Å². The van der Waals surface area contributed by atoms with Gasteiger partial charge in [0.2, 0.25) is 12.7 Å². The van der Waals surface area contributed by atoms with E-state index in [0.717, 1.165) is 5.56 Å². The molecule has 0 radical (unpaired) electrons. The number of hydrogen-bond acceptors (Lipinski definition) is 6. The molecule has 0 fully saturated rings. The van der Waals surface area contributed by atoms with Gasteiger partial charge in [-0.2, -0.15) is 0 Å². The molecule has 4 rings (SSSR count). The molecule has 0 bridgehead atoms. The third-order valence-electron chi connectivity index (χ3n) is 4.20. The SMILES string of the molecule is O=C(CCN=C1NS(=O)(=O)c2ccccc21)NCc1ccc2c(c1)OCO2. The first-order chi connectivity index (χ1) is 13.0. The molecule has 9 heteroatoms. The predicted octanol–water partition coefficient (Wildman–Crippen LogP) is 1.16. The standard InChI is InChI=1S/C18H17N3O5S/c22-17(20-10-12-5-6-14-15(9-12)26-11-25-14)7-8-19-18-13-3-1-2-4-16(13)27(23,24)21-18/h1-6,9H,7-8,10-11H2,(H,19,21)(H,20,22). The fourth-order valence-corrected chi connectivity index (χ4v) is 4.11. The number of benzene rings is 2. The molecule has 2 heterocycles. The zero-order valence-electron chi connectivity index (χ0n) is 14.3. The van der Waals surface area contributed by atoms with Gasteiger partial charge in [0.15, 0.2) is 11.5 Å². The van der Waals surface area contributed by atoms with Gasteiger partial charge in [-0.1, -0.05) is 18.2 Å². The summed E-state index contributed by atoms with van der Waals surface area (Å²) >= 11 is 0. The van der Waals surface area contributed by atoms with Crippen molar-refractivity contribution >= 4 is 21.8 Å². The number of carbonyl (C=O) groups excluding carboxylic acids is 1. The largest absolute Gasteiger partial charge is 0.454 e. The van der Waals surface area contributed by atoms with Crippen LogP contribution in [0.3, 0.4) is 0 Å². The molecule has 1 amide bonds. The number of amidine groups is 1. The maximum atomic E-state index is 12.0. The molecule has 27 heavy (non-hydrogen) atoms. The van der Waals surface area contributed by atoms with Crippen molar-refractivity contribution in [2.24, 2.45) is 4.99 Å². The number of hydrogen-bond donors (Lipinski definition) is 2. The van der Waals surface area contributed by atoms with Crippen LogP contribution in [0.4, 0.5) is 0 Å². The summed E-state index contributed by atoms with van der Waals surface area (Å²) in [7, 11) is -3.56. The molecule has 0 aliphatic carbocycles. The Morgan fingerprint density at radius 3 is 2.85 bits per heavy atom. The first-order valence-electron chi connectivity index (χ1n) is 8.35. The first-order valence-corrected chi connectivity index (χ1v) is 9.83. The number of aliphatic imine (C=N–C) groups is 1. The van der Waals surface area contributed by atoms with Gasteiger partial charge in [0, 0.05) is 18.5 Å². The van der Waals surface area contributed by atoms with Crippen LogP contribution in [0, 0.1) is 0 Å². The molecule has 0 unspecified atom stereocenters. The van der Waals surface area contributed by atoms with Gasteiger partial charge in [0.1, 0.15) is 5.84 Å². The highest BCUT2D eigenvalue weighted by Gasteiger charge is 2.29. The number of fused-ring (bicyclic) bond motifs is 2. The van der Waals surface area contributed by atoms with Gasteiger partial charge < -0.3 is 14.8 Å². The van der Waals surface area contributed by atoms with E-state index in [1.165, 1.54) is 6.07 Å². The fraction of sp³-hybridized carbons (Fsp3) is 0.222. The van der Waals surface area contributed by atoms with E-state index in [0.29, 0.717) is 23.6 Å². The molecule has 2 aromatic rings. The average molecular weight is 387 g/mol. The number of amides is 1. The van der Waals surface area contributed by atoms with Crippen LogP contribution in [0.5, 0.6) is 11.5 Å². The fourth-order valence-electron chi connectivity index (χ4n) is 2.86. The summed E-state index contributed by atoms with van der Waals surface area (Å²) in [5.41, 5.74) is 1.43. The van der Waals surface area contributed by atoms with E-state index in [4.69, 9.17) is 9.47 Å². The van der Waals surface area contributed by atoms with Crippen molar-refractivity contribution in [2.75, 3.05) is 13.3 Å². The number of sulfonamides is 1. The molecular formula is C18H17N3O5S. The highest BCUT2D eigenvalue weighted by atomic mass is 32.2. The summed E-state index contributed by atoms with van der Waals surface area (Å²) in [4.78, 5) is 16.5. The van der Waals surface area contributed by atoms with E-state index in [1.807, 2.05) is 12.1 Å². The van der Waals surface area contributed by atoms with E-state index < -0.39 is 10.0 Å². The Morgan fingerprint density at radius 2 is 1.96 bits per heavy atom. The molecule has 0 saturated heterocycles. The lowest BCUT2D eigenvalue weighted by molar-refractivity contribution is -0.121. The minimum Gasteiger partial charge on any atom is -0.454 e. The van der Waals surface area contributed by atoms with Gasteiger partial charge in [-0.3, -0.25) is 14.5 Å². The average Bonchev–Trinajstić information content (AvgIpc) is 3.22. The number of nitrogens with zero attached hydrogens (tertiary/aromatic N) is 1. The van der Waals surface area contributed by atoms with Crippen LogP contribution in [-0.4, -0.2) is 33.5 Å². The summed E-state index contributed by atoms with van der Waals surface area (Å²) in [6, 6.07) is 12.1. The van der Waals surface area contributed by atoms with Gasteiger partial charge in [0.25, 0.3) is 10.0 Å². The van der Waals surface area contributed by atoms with Crippen molar-refractivity contribution in [3.8, 4) is 11.5 Å². The third kappa shape index (κ3) is 3.59. The van der Waals surface area contributed by atoms with E-state index in [1.54, 1.807) is 24.3 Å². The second kappa shape index (κ2) is 6.92. The summed E-state index contributed by atoms with van der Waals surface area (Å²) < 4.78 is 37.0. The van der Waals surface area contributed by atoms with Gasteiger partial charge in [-0.15, -0.1) is 0 Å². The zero-order valence-corrected chi connectivity index (χ0v) is 15.1. The van der Waals surface area contributed by atoms with E-state index in [-0.39, 0.29) is 36.4 Å². The lowest BCUT2D eigenvalue weighted by Gasteiger charge is -2.06. The molecule has 0 saturated carbocycles. The van der Waals surface area contributed by atoms with Gasteiger partial charge in [-0.05, 0) is 29.8 Å². The zero-order chi connectivity index (χ0) is 18.9. The Labute approximate surface area is 156 Å². The molecule has 2 aliphatic rings. The quantitative estimate of drug-likeness (QED) is 0.801. The van der Waals surface area contributed by atoms with Gasteiger partial charge in [-0.25, -0.2) is 8.42 Å². The molecule has 140 valence electrons. The Kier molecular flexibility index (Phi) is 4.44. The molecule has 0 atom stereocenters. The van der Waals surface area contributed by atoms with E-state index in [9.17, 15) is 13.2 Å².